The van der Waals surface area contributed by atoms with Gasteiger partial charge in [0.25, 0.3) is 0 Å². The highest BCUT2D eigenvalue weighted by atomic mass is 32.2. The predicted molar refractivity (Wildman–Crippen MR) is 81.3 cm³/mol. The van der Waals surface area contributed by atoms with Gasteiger partial charge in [0.05, 0.1) is 11.4 Å². The Bertz CT molecular complexity index is 573. The maximum Gasteiger partial charge on any atom is 0.246 e. The van der Waals surface area contributed by atoms with E-state index in [1.165, 1.54) is 0 Å². The van der Waals surface area contributed by atoms with Crippen LogP contribution in [0.2, 0.25) is 0 Å². The van der Waals surface area contributed by atoms with E-state index in [1.54, 1.807) is 11.2 Å². The van der Waals surface area contributed by atoms with Crippen LogP contribution in [-0.2, 0) is 16.6 Å². The van der Waals surface area contributed by atoms with Gasteiger partial charge in [0.15, 0.2) is 0 Å². The Morgan fingerprint density at radius 1 is 1.29 bits per heavy atom. The third-order valence-electron chi connectivity index (χ3n) is 3.71. The molecule has 1 aromatic rings. The van der Waals surface area contributed by atoms with Crippen LogP contribution in [-0.4, -0.2) is 60.5 Å². The summed E-state index contributed by atoms with van der Waals surface area (Å²) < 4.78 is 27.1. The van der Waals surface area contributed by atoms with Gasteiger partial charge in [-0.2, -0.15) is 9.40 Å². The Morgan fingerprint density at radius 3 is 2.43 bits per heavy atom. The third-order valence-corrected chi connectivity index (χ3v) is 5.81. The number of hydrogen-bond donors (Lipinski definition) is 2. The third kappa shape index (κ3) is 3.45. The van der Waals surface area contributed by atoms with Crippen molar-refractivity contribution in [3.05, 3.63) is 11.4 Å². The van der Waals surface area contributed by atoms with Crippen molar-refractivity contribution in [3.8, 4) is 0 Å². The molecule has 2 heterocycles. The summed E-state index contributed by atoms with van der Waals surface area (Å²) in [5, 5.41) is 6.71. The van der Waals surface area contributed by atoms with Crippen molar-refractivity contribution in [2.75, 3.05) is 32.7 Å². The van der Waals surface area contributed by atoms with Gasteiger partial charge in [-0.15, -0.1) is 0 Å². The molecule has 1 aromatic heterocycles. The van der Waals surface area contributed by atoms with Crippen molar-refractivity contribution in [1.82, 2.24) is 19.4 Å². The minimum atomic E-state index is -3.51. The number of piperazine rings is 1. The smallest absolute Gasteiger partial charge is 0.246 e. The van der Waals surface area contributed by atoms with E-state index < -0.39 is 10.0 Å². The summed E-state index contributed by atoms with van der Waals surface area (Å²) in [5.74, 6) is 0.591. The van der Waals surface area contributed by atoms with Crippen LogP contribution in [0.1, 0.15) is 25.2 Å². The molecule has 0 aliphatic carbocycles. The molecule has 0 spiro atoms. The van der Waals surface area contributed by atoms with E-state index in [1.807, 2.05) is 0 Å². The molecule has 8 heteroatoms. The molecule has 3 N–H and O–H groups in total. The monoisotopic (exact) mass is 315 g/mol. The van der Waals surface area contributed by atoms with Crippen LogP contribution in [0.4, 0.5) is 0 Å². The summed E-state index contributed by atoms with van der Waals surface area (Å²) in [5.41, 5.74) is 6.56. The molecule has 1 fully saturated rings. The topological polar surface area (TPSA) is 95.3 Å². The van der Waals surface area contributed by atoms with E-state index in [2.05, 4.69) is 28.9 Å². The summed E-state index contributed by atoms with van der Waals surface area (Å²) in [4.78, 5) is 2.56. The normalized spacial score (nSPS) is 18.5. The number of H-pyrrole nitrogens is 1. The zero-order valence-corrected chi connectivity index (χ0v) is 13.8. The van der Waals surface area contributed by atoms with E-state index in [-0.39, 0.29) is 11.4 Å². The maximum absolute atomic E-state index is 12.8. The summed E-state index contributed by atoms with van der Waals surface area (Å²) in [6.07, 6.45) is 0. The Labute approximate surface area is 126 Å². The molecule has 0 amide bonds. The van der Waals surface area contributed by atoms with Crippen LogP contribution in [0.5, 0.6) is 0 Å². The van der Waals surface area contributed by atoms with Gasteiger partial charge >= 0.3 is 0 Å². The first-order valence-corrected chi connectivity index (χ1v) is 8.76. The maximum atomic E-state index is 12.8. The first-order valence-electron chi connectivity index (χ1n) is 7.32. The van der Waals surface area contributed by atoms with Crippen molar-refractivity contribution in [1.29, 1.82) is 0 Å². The molecule has 1 aliphatic heterocycles. The molecule has 7 nitrogen and oxygen atoms in total. The molecular formula is C13H25N5O2S. The minimum absolute atomic E-state index is 0.117. The summed E-state index contributed by atoms with van der Waals surface area (Å²) >= 11 is 0. The van der Waals surface area contributed by atoms with Gasteiger partial charge in [-0.3, -0.25) is 5.10 Å². The average molecular weight is 315 g/mol. The van der Waals surface area contributed by atoms with Crippen LogP contribution < -0.4 is 5.73 Å². The summed E-state index contributed by atoms with van der Waals surface area (Å²) in [7, 11) is -3.51. The highest BCUT2D eigenvalue weighted by Crippen LogP contribution is 2.23. The second-order valence-corrected chi connectivity index (χ2v) is 7.80. The lowest BCUT2D eigenvalue weighted by Crippen LogP contribution is -2.49. The van der Waals surface area contributed by atoms with Crippen molar-refractivity contribution in [2.24, 2.45) is 11.7 Å². The number of sulfonamides is 1. The first-order chi connectivity index (χ1) is 9.86. The zero-order chi connectivity index (χ0) is 15.6. The van der Waals surface area contributed by atoms with Crippen LogP contribution in [0.25, 0.3) is 0 Å². The molecule has 1 aliphatic rings. The van der Waals surface area contributed by atoms with E-state index >= 15 is 0 Å². The van der Waals surface area contributed by atoms with E-state index in [9.17, 15) is 8.42 Å². The molecule has 120 valence electrons. The Kier molecular flexibility index (Phi) is 5.03. The lowest BCUT2D eigenvalue weighted by Gasteiger charge is -2.34. The van der Waals surface area contributed by atoms with Crippen molar-refractivity contribution < 1.29 is 8.42 Å². The van der Waals surface area contributed by atoms with Crippen LogP contribution in [0.3, 0.4) is 0 Å². The van der Waals surface area contributed by atoms with Gasteiger partial charge < -0.3 is 10.6 Å². The number of aryl methyl sites for hydroxylation is 1. The predicted octanol–water partition coefficient (Wildman–Crippen LogP) is 0.139. The van der Waals surface area contributed by atoms with Gasteiger partial charge in [-0.05, 0) is 12.8 Å². The fourth-order valence-corrected chi connectivity index (χ4v) is 4.51. The molecule has 0 aromatic carbocycles. The largest absolute Gasteiger partial charge is 0.325 e. The number of rotatable bonds is 5. The molecule has 0 atom stereocenters. The van der Waals surface area contributed by atoms with Gasteiger partial charge in [-0.1, -0.05) is 13.8 Å². The van der Waals surface area contributed by atoms with E-state index in [0.29, 0.717) is 30.4 Å². The number of nitrogens with two attached hydrogens (primary N) is 1. The van der Waals surface area contributed by atoms with Crippen LogP contribution in [0, 0.1) is 12.8 Å². The van der Waals surface area contributed by atoms with E-state index in [4.69, 9.17) is 5.73 Å². The zero-order valence-electron chi connectivity index (χ0n) is 13.0. The molecule has 1 saturated heterocycles. The van der Waals surface area contributed by atoms with Crippen molar-refractivity contribution >= 4 is 10.0 Å². The number of nitrogens with zero attached hydrogens (tertiary/aromatic N) is 3. The fourth-order valence-electron chi connectivity index (χ4n) is 2.75. The number of hydrogen-bond acceptors (Lipinski definition) is 5. The van der Waals surface area contributed by atoms with Crippen LogP contribution in [0.15, 0.2) is 4.90 Å². The van der Waals surface area contributed by atoms with Crippen molar-refractivity contribution in [2.45, 2.75) is 32.2 Å². The fraction of sp³-hybridized carbons (Fsp3) is 0.769. The first kappa shape index (κ1) is 16.4. The molecule has 2 rings (SSSR count). The van der Waals surface area contributed by atoms with Gasteiger partial charge in [0.2, 0.25) is 10.0 Å². The molecule has 0 radical (unpaired) electrons. The number of aromatic nitrogens is 2. The summed E-state index contributed by atoms with van der Waals surface area (Å²) in [6.45, 7) is 9.76. The second kappa shape index (κ2) is 6.43. The number of nitrogens with one attached hydrogen (secondary N) is 1. The van der Waals surface area contributed by atoms with Gasteiger partial charge in [-0.25, -0.2) is 8.42 Å². The lowest BCUT2D eigenvalue weighted by molar-refractivity contribution is 0.172. The summed E-state index contributed by atoms with van der Waals surface area (Å²) in [6, 6.07) is 0. The quantitative estimate of drug-likeness (QED) is 0.806. The standard InChI is InChI=1S/C13H25N5O2S/c1-10(2)9-17-4-6-18(7-5-17)21(19,20)13-11(3)15-16-12(13)8-14/h10H,4-9,14H2,1-3H3,(H,15,16). The molecular weight excluding hydrogens is 290 g/mol. The van der Waals surface area contributed by atoms with Gasteiger partial charge in [0.1, 0.15) is 4.90 Å². The Morgan fingerprint density at radius 2 is 1.90 bits per heavy atom. The molecule has 0 bridgehead atoms. The Hall–Kier alpha value is -0.960. The van der Waals surface area contributed by atoms with Gasteiger partial charge in [0, 0.05) is 39.3 Å². The average Bonchev–Trinajstić information content (AvgIpc) is 2.80. The number of aromatic amines is 1. The van der Waals surface area contributed by atoms with Crippen molar-refractivity contribution in [3.63, 3.8) is 0 Å². The van der Waals surface area contributed by atoms with E-state index in [0.717, 1.165) is 19.6 Å². The SMILES string of the molecule is Cc1[nH]nc(CN)c1S(=O)(=O)N1CCN(CC(C)C)CC1. The van der Waals surface area contributed by atoms with Crippen LogP contribution >= 0.6 is 0 Å². The minimum Gasteiger partial charge on any atom is -0.325 e. The molecule has 0 unspecified atom stereocenters. The highest BCUT2D eigenvalue weighted by Gasteiger charge is 2.32. The Balaban J connectivity index is 2.13. The molecule has 0 saturated carbocycles. The second-order valence-electron chi connectivity index (χ2n) is 5.93. The highest BCUT2D eigenvalue weighted by molar-refractivity contribution is 7.89. The molecule has 21 heavy (non-hydrogen) atoms. The lowest BCUT2D eigenvalue weighted by atomic mass is 10.2.